The van der Waals surface area contributed by atoms with Gasteiger partial charge in [-0.25, -0.2) is 0 Å². The molecule has 0 fully saturated rings. The molecule has 4 rings (SSSR count). The van der Waals surface area contributed by atoms with Crippen LogP contribution in [0.4, 0.5) is 17.3 Å². The molecule has 0 spiro atoms. The first-order chi connectivity index (χ1) is 12.2. The van der Waals surface area contributed by atoms with Gasteiger partial charge in [-0.2, -0.15) is 0 Å². The second-order valence-electron chi connectivity index (χ2n) is 5.63. The van der Waals surface area contributed by atoms with Gasteiger partial charge in [0.1, 0.15) is 0 Å². The van der Waals surface area contributed by atoms with E-state index in [0.717, 1.165) is 35.4 Å². The number of hydrogen-bond donors (Lipinski definition) is 0. The van der Waals surface area contributed by atoms with Crippen molar-refractivity contribution in [3.05, 3.63) is 70.3 Å². The van der Waals surface area contributed by atoms with Crippen molar-refractivity contribution >= 4 is 29.1 Å². The van der Waals surface area contributed by atoms with Gasteiger partial charge in [0.2, 0.25) is 5.95 Å². The largest absolute Gasteiger partial charge is 0.309 e. The monoisotopic (exact) mass is 353 g/mol. The molecule has 0 unspecified atom stereocenters. The van der Waals surface area contributed by atoms with Crippen LogP contribution in [0.25, 0.3) is 0 Å². The standard InChI is InChI=1S/C17H15N5O2S/c23-22(24)15-8-6-13(7-9-15)12-25-17-19-18-16-20(10-11-21(16)17)14-4-2-1-3-5-14/h1-9H,10-12H2. The van der Waals surface area contributed by atoms with Gasteiger partial charge >= 0.3 is 0 Å². The second-order valence-corrected chi connectivity index (χ2v) is 6.58. The Morgan fingerprint density at radius 3 is 2.52 bits per heavy atom. The summed E-state index contributed by atoms with van der Waals surface area (Å²) >= 11 is 1.59. The summed E-state index contributed by atoms with van der Waals surface area (Å²) in [5, 5.41) is 20.2. The molecular formula is C17H15N5O2S. The average molecular weight is 353 g/mol. The molecule has 1 aliphatic rings. The normalized spacial score (nSPS) is 13.0. The van der Waals surface area contributed by atoms with Crippen molar-refractivity contribution in [2.75, 3.05) is 11.4 Å². The van der Waals surface area contributed by atoms with Gasteiger partial charge in [-0.05, 0) is 17.7 Å². The van der Waals surface area contributed by atoms with E-state index in [1.807, 2.05) is 18.2 Å². The molecule has 7 nitrogen and oxygen atoms in total. The van der Waals surface area contributed by atoms with Gasteiger partial charge in [0.15, 0.2) is 5.16 Å². The summed E-state index contributed by atoms with van der Waals surface area (Å²) in [5.41, 5.74) is 2.24. The molecule has 0 atom stereocenters. The summed E-state index contributed by atoms with van der Waals surface area (Å²) in [6.45, 7) is 1.72. The van der Waals surface area contributed by atoms with Crippen molar-refractivity contribution in [1.29, 1.82) is 0 Å². The van der Waals surface area contributed by atoms with Crippen LogP contribution in [0, 0.1) is 10.1 Å². The number of hydrogen-bond acceptors (Lipinski definition) is 6. The third kappa shape index (κ3) is 3.08. The maximum Gasteiger partial charge on any atom is 0.269 e. The molecule has 0 saturated carbocycles. The van der Waals surface area contributed by atoms with Gasteiger partial charge in [-0.1, -0.05) is 42.1 Å². The highest BCUT2D eigenvalue weighted by molar-refractivity contribution is 7.98. The Hall–Kier alpha value is -2.87. The SMILES string of the molecule is O=[N+]([O-])c1ccc(CSc2nnc3n2CCN3c2ccccc2)cc1. The zero-order valence-electron chi connectivity index (χ0n) is 13.3. The lowest BCUT2D eigenvalue weighted by Crippen LogP contribution is -2.13. The minimum absolute atomic E-state index is 0.107. The van der Waals surface area contributed by atoms with Gasteiger partial charge in [0, 0.05) is 36.7 Å². The first kappa shape index (κ1) is 15.6. The molecule has 1 aliphatic heterocycles. The Bertz CT molecular complexity index is 895. The number of rotatable bonds is 5. The van der Waals surface area contributed by atoms with Gasteiger partial charge in [0.05, 0.1) is 4.92 Å². The van der Waals surface area contributed by atoms with Crippen LogP contribution in [-0.4, -0.2) is 26.2 Å². The Balaban J connectivity index is 1.47. The van der Waals surface area contributed by atoms with Crippen molar-refractivity contribution in [2.45, 2.75) is 17.5 Å². The third-order valence-corrected chi connectivity index (χ3v) is 5.11. The summed E-state index contributed by atoms with van der Waals surface area (Å²) in [7, 11) is 0. The molecule has 0 amide bonds. The fourth-order valence-electron chi connectivity index (χ4n) is 2.80. The van der Waals surface area contributed by atoms with Gasteiger partial charge in [-0.3, -0.25) is 14.7 Å². The predicted molar refractivity (Wildman–Crippen MR) is 96.1 cm³/mol. The van der Waals surface area contributed by atoms with Crippen LogP contribution in [0.5, 0.6) is 0 Å². The maximum absolute atomic E-state index is 10.7. The number of nitro benzene ring substituents is 1. The number of aromatic nitrogens is 3. The van der Waals surface area contributed by atoms with E-state index < -0.39 is 0 Å². The number of non-ortho nitro benzene ring substituents is 1. The van der Waals surface area contributed by atoms with Gasteiger partial charge < -0.3 is 4.90 Å². The molecule has 0 N–H and O–H groups in total. The molecule has 25 heavy (non-hydrogen) atoms. The Kier molecular flexibility index (Phi) is 4.10. The molecule has 0 bridgehead atoms. The fourth-order valence-corrected chi connectivity index (χ4v) is 3.71. The molecule has 1 aromatic heterocycles. The molecule has 0 aliphatic carbocycles. The van der Waals surface area contributed by atoms with Crippen molar-refractivity contribution in [3.63, 3.8) is 0 Å². The van der Waals surface area contributed by atoms with Crippen LogP contribution in [0.15, 0.2) is 59.8 Å². The predicted octanol–water partition coefficient (Wildman–Crippen LogP) is 3.63. The number of anilines is 2. The Morgan fingerprint density at radius 2 is 1.80 bits per heavy atom. The summed E-state index contributed by atoms with van der Waals surface area (Å²) in [6.07, 6.45) is 0. The average Bonchev–Trinajstić information content (AvgIpc) is 3.23. The van der Waals surface area contributed by atoms with Gasteiger partial charge in [0.25, 0.3) is 5.69 Å². The lowest BCUT2D eigenvalue weighted by Gasteiger charge is -2.14. The van der Waals surface area contributed by atoms with Crippen molar-refractivity contribution in [3.8, 4) is 0 Å². The second kappa shape index (κ2) is 6.56. The van der Waals surface area contributed by atoms with Crippen LogP contribution < -0.4 is 4.90 Å². The lowest BCUT2D eigenvalue weighted by atomic mass is 10.2. The fraction of sp³-hybridized carbons (Fsp3) is 0.176. The van der Waals surface area contributed by atoms with E-state index in [2.05, 4.69) is 31.8 Å². The van der Waals surface area contributed by atoms with E-state index in [1.54, 1.807) is 23.9 Å². The molecule has 126 valence electrons. The van der Waals surface area contributed by atoms with Crippen LogP contribution in [-0.2, 0) is 12.3 Å². The Labute approximate surface area is 148 Å². The molecule has 0 radical (unpaired) electrons. The minimum atomic E-state index is -0.388. The van der Waals surface area contributed by atoms with E-state index in [-0.39, 0.29) is 10.6 Å². The van der Waals surface area contributed by atoms with Crippen molar-refractivity contribution in [2.24, 2.45) is 0 Å². The topological polar surface area (TPSA) is 77.1 Å². The van der Waals surface area contributed by atoms with Gasteiger partial charge in [-0.15, -0.1) is 10.2 Å². The number of nitrogens with zero attached hydrogens (tertiary/aromatic N) is 5. The number of thioether (sulfide) groups is 1. The molecule has 2 aromatic carbocycles. The highest BCUT2D eigenvalue weighted by atomic mass is 32.2. The molecule has 8 heteroatoms. The Morgan fingerprint density at radius 1 is 1.04 bits per heavy atom. The minimum Gasteiger partial charge on any atom is -0.309 e. The van der Waals surface area contributed by atoms with Crippen LogP contribution >= 0.6 is 11.8 Å². The van der Waals surface area contributed by atoms with Crippen LogP contribution in [0.3, 0.4) is 0 Å². The number of fused-ring (bicyclic) bond motifs is 1. The summed E-state index contributed by atoms with van der Waals surface area (Å²) in [4.78, 5) is 12.5. The maximum atomic E-state index is 10.7. The number of nitro groups is 1. The van der Waals surface area contributed by atoms with Crippen molar-refractivity contribution < 1.29 is 4.92 Å². The molecular weight excluding hydrogens is 338 g/mol. The van der Waals surface area contributed by atoms with E-state index in [9.17, 15) is 10.1 Å². The van der Waals surface area contributed by atoms with E-state index in [0.29, 0.717) is 5.75 Å². The van der Waals surface area contributed by atoms with Crippen molar-refractivity contribution in [1.82, 2.24) is 14.8 Å². The van der Waals surface area contributed by atoms with Crippen LogP contribution in [0.1, 0.15) is 5.56 Å². The van der Waals surface area contributed by atoms with E-state index >= 15 is 0 Å². The summed E-state index contributed by atoms with van der Waals surface area (Å²) < 4.78 is 2.11. The van der Waals surface area contributed by atoms with E-state index in [4.69, 9.17) is 0 Å². The highest BCUT2D eigenvalue weighted by Gasteiger charge is 2.25. The highest BCUT2D eigenvalue weighted by Crippen LogP contribution is 2.32. The smallest absolute Gasteiger partial charge is 0.269 e. The molecule has 2 heterocycles. The first-order valence-corrected chi connectivity index (χ1v) is 8.83. The molecule has 3 aromatic rings. The molecule has 0 saturated heterocycles. The zero-order chi connectivity index (χ0) is 17.2. The zero-order valence-corrected chi connectivity index (χ0v) is 14.1. The summed E-state index contributed by atoms with van der Waals surface area (Å²) in [5.74, 6) is 1.55. The quantitative estimate of drug-likeness (QED) is 0.396. The summed E-state index contributed by atoms with van der Waals surface area (Å²) in [6, 6.07) is 16.8. The first-order valence-electron chi connectivity index (χ1n) is 7.84. The number of para-hydroxylation sites is 1. The van der Waals surface area contributed by atoms with Crippen LogP contribution in [0.2, 0.25) is 0 Å². The lowest BCUT2D eigenvalue weighted by molar-refractivity contribution is -0.384. The van der Waals surface area contributed by atoms with E-state index in [1.165, 1.54) is 12.1 Å². The number of benzene rings is 2. The third-order valence-electron chi connectivity index (χ3n) is 4.07.